The van der Waals surface area contributed by atoms with Crippen molar-refractivity contribution in [2.45, 2.75) is 13.2 Å². The summed E-state index contributed by atoms with van der Waals surface area (Å²) in [6, 6.07) is 8.02. The van der Waals surface area contributed by atoms with Crippen LogP contribution in [-0.4, -0.2) is 24.0 Å². The molecule has 0 spiro atoms. The normalized spacial score (nSPS) is 10.5. The van der Waals surface area contributed by atoms with E-state index in [0.29, 0.717) is 6.61 Å². The Hall–Kier alpha value is -2.01. The zero-order chi connectivity index (χ0) is 13.7. The van der Waals surface area contributed by atoms with Gasteiger partial charge in [-0.1, -0.05) is 6.07 Å². The molecule has 0 unspecified atom stereocenters. The molecule has 1 aromatic carbocycles. The average Bonchev–Trinajstić information content (AvgIpc) is 2.83. The lowest BCUT2D eigenvalue weighted by Gasteiger charge is -2.10. The number of benzene rings is 1. The predicted octanol–water partition coefficient (Wildman–Crippen LogP) is 2.19. The van der Waals surface area contributed by atoms with E-state index in [0.717, 1.165) is 23.7 Å². The van der Waals surface area contributed by atoms with Crippen LogP contribution in [0.15, 0.2) is 30.5 Å². The number of hydrogen-bond donors (Lipinski definition) is 1. The fourth-order valence-corrected chi connectivity index (χ4v) is 1.91. The molecule has 0 saturated carbocycles. The Morgan fingerprint density at radius 3 is 2.74 bits per heavy atom. The van der Waals surface area contributed by atoms with Crippen LogP contribution < -0.4 is 10.1 Å². The summed E-state index contributed by atoms with van der Waals surface area (Å²) in [6.07, 6.45) is 1.91. The van der Waals surface area contributed by atoms with Crippen molar-refractivity contribution < 1.29 is 9.47 Å². The maximum atomic E-state index is 5.30. The minimum Gasteiger partial charge on any atom is -0.496 e. The second-order valence-electron chi connectivity index (χ2n) is 4.31. The van der Waals surface area contributed by atoms with Gasteiger partial charge in [0.25, 0.3) is 0 Å². The second-order valence-corrected chi connectivity index (χ2v) is 4.31. The van der Waals surface area contributed by atoms with Crippen molar-refractivity contribution in [1.29, 1.82) is 0 Å². The Balaban J connectivity index is 2.05. The van der Waals surface area contributed by atoms with Crippen molar-refractivity contribution in [3.8, 4) is 5.75 Å². The Bertz CT molecular complexity index is 537. The summed E-state index contributed by atoms with van der Waals surface area (Å²) in [5, 5.41) is 7.55. The largest absolute Gasteiger partial charge is 0.496 e. The molecule has 0 bridgehead atoms. The molecule has 0 saturated heterocycles. The molecule has 0 atom stereocenters. The molecule has 0 radical (unpaired) electrons. The lowest BCUT2D eigenvalue weighted by atomic mass is 10.1. The molecule has 0 aliphatic carbocycles. The lowest BCUT2D eigenvalue weighted by Crippen LogP contribution is -2.02. The molecular weight excluding hydrogens is 242 g/mol. The predicted molar refractivity (Wildman–Crippen MR) is 74.2 cm³/mol. The van der Waals surface area contributed by atoms with Crippen LogP contribution in [0.5, 0.6) is 5.75 Å². The van der Waals surface area contributed by atoms with E-state index in [-0.39, 0.29) is 0 Å². The monoisotopic (exact) mass is 261 g/mol. The lowest BCUT2D eigenvalue weighted by molar-refractivity contribution is 0.181. The molecule has 19 heavy (non-hydrogen) atoms. The first-order valence-electron chi connectivity index (χ1n) is 6.11. The molecular formula is C14H19N3O2. The highest BCUT2D eigenvalue weighted by Crippen LogP contribution is 2.21. The summed E-state index contributed by atoms with van der Waals surface area (Å²) in [5.74, 6) is 1.72. The summed E-state index contributed by atoms with van der Waals surface area (Å²) < 4.78 is 12.2. The molecule has 0 amide bonds. The van der Waals surface area contributed by atoms with Crippen LogP contribution >= 0.6 is 0 Å². The SMILES string of the molecule is COCc1cc(CNc2ccn(C)n2)ccc1OC. The van der Waals surface area contributed by atoms with E-state index in [1.165, 1.54) is 5.56 Å². The first-order chi connectivity index (χ1) is 9.22. The van der Waals surface area contributed by atoms with Crippen LogP contribution in [0, 0.1) is 0 Å². The second kappa shape index (κ2) is 6.24. The molecule has 0 aliphatic rings. The van der Waals surface area contributed by atoms with E-state index < -0.39 is 0 Å². The molecule has 5 nitrogen and oxygen atoms in total. The van der Waals surface area contributed by atoms with Crippen molar-refractivity contribution in [3.05, 3.63) is 41.6 Å². The summed E-state index contributed by atoms with van der Waals surface area (Å²) in [4.78, 5) is 0. The Morgan fingerprint density at radius 1 is 1.26 bits per heavy atom. The first kappa shape index (κ1) is 13.4. The number of hydrogen-bond acceptors (Lipinski definition) is 4. The number of rotatable bonds is 6. The number of anilines is 1. The standard InChI is InChI=1S/C14H19N3O2/c1-17-7-6-14(16-17)15-9-11-4-5-13(19-3)12(8-11)10-18-2/h4-8H,9-10H2,1-3H3,(H,15,16). The maximum absolute atomic E-state index is 5.30. The van der Waals surface area contributed by atoms with Crippen molar-refractivity contribution in [3.63, 3.8) is 0 Å². The Labute approximate surface area is 113 Å². The van der Waals surface area contributed by atoms with Gasteiger partial charge in [0.15, 0.2) is 0 Å². The highest BCUT2D eigenvalue weighted by molar-refractivity contribution is 5.39. The van der Waals surface area contributed by atoms with Gasteiger partial charge in [0, 0.05) is 38.5 Å². The van der Waals surface area contributed by atoms with Crippen LogP contribution in [0.4, 0.5) is 5.82 Å². The first-order valence-corrected chi connectivity index (χ1v) is 6.11. The van der Waals surface area contributed by atoms with Crippen molar-refractivity contribution in [2.24, 2.45) is 7.05 Å². The topological polar surface area (TPSA) is 48.3 Å². The highest BCUT2D eigenvalue weighted by Gasteiger charge is 2.04. The molecule has 1 heterocycles. The minimum absolute atomic E-state index is 0.542. The summed E-state index contributed by atoms with van der Waals surface area (Å²) >= 11 is 0. The van der Waals surface area contributed by atoms with E-state index >= 15 is 0 Å². The number of ether oxygens (including phenoxy) is 2. The molecule has 2 rings (SSSR count). The summed E-state index contributed by atoms with van der Waals surface area (Å²) in [5.41, 5.74) is 2.21. The van der Waals surface area contributed by atoms with E-state index in [2.05, 4.69) is 16.5 Å². The smallest absolute Gasteiger partial charge is 0.148 e. The van der Waals surface area contributed by atoms with Gasteiger partial charge in [-0.15, -0.1) is 0 Å². The molecule has 102 valence electrons. The third kappa shape index (κ3) is 3.48. The van der Waals surface area contributed by atoms with Crippen LogP contribution in [0.2, 0.25) is 0 Å². The summed E-state index contributed by atoms with van der Waals surface area (Å²) in [7, 11) is 5.24. The van der Waals surface area contributed by atoms with E-state index in [1.54, 1.807) is 18.9 Å². The molecule has 0 aliphatic heterocycles. The number of aryl methyl sites for hydroxylation is 1. The van der Waals surface area contributed by atoms with Crippen LogP contribution in [0.25, 0.3) is 0 Å². The number of nitrogens with one attached hydrogen (secondary N) is 1. The van der Waals surface area contributed by atoms with Gasteiger partial charge in [0.05, 0.1) is 13.7 Å². The Morgan fingerprint density at radius 2 is 2.11 bits per heavy atom. The number of methoxy groups -OCH3 is 2. The molecule has 1 N–H and O–H groups in total. The van der Waals surface area contributed by atoms with Gasteiger partial charge in [0.2, 0.25) is 0 Å². The third-order valence-corrected chi connectivity index (χ3v) is 2.83. The molecule has 5 heteroatoms. The maximum Gasteiger partial charge on any atom is 0.148 e. The fraction of sp³-hybridized carbons (Fsp3) is 0.357. The van der Waals surface area contributed by atoms with Crippen LogP contribution in [-0.2, 0) is 24.9 Å². The third-order valence-electron chi connectivity index (χ3n) is 2.83. The molecule has 1 aromatic heterocycles. The van der Waals surface area contributed by atoms with Gasteiger partial charge in [0.1, 0.15) is 11.6 Å². The number of aromatic nitrogens is 2. The van der Waals surface area contributed by atoms with Crippen molar-refractivity contribution in [1.82, 2.24) is 9.78 Å². The Kier molecular flexibility index (Phi) is 4.41. The van der Waals surface area contributed by atoms with Crippen LogP contribution in [0.3, 0.4) is 0 Å². The van der Waals surface area contributed by atoms with Gasteiger partial charge in [-0.05, 0) is 17.7 Å². The summed E-state index contributed by atoms with van der Waals surface area (Å²) in [6.45, 7) is 1.26. The van der Waals surface area contributed by atoms with Crippen molar-refractivity contribution in [2.75, 3.05) is 19.5 Å². The quantitative estimate of drug-likeness (QED) is 0.866. The number of nitrogens with zero attached hydrogens (tertiary/aromatic N) is 2. The van der Waals surface area contributed by atoms with E-state index in [9.17, 15) is 0 Å². The zero-order valence-corrected chi connectivity index (χ0v) is 11.5. The van der Waals surface area contributed by atoms with Gasteiger partial charge in [-0.3, -0.25) is 4.68 Å². The fourth-order valence-electron chi connectivity index (χ4n) is 1.91. The van der Waals surface area contributed by atoms with Crippen LogP contribution in [0.1, 0.15) is 11.1 Å². The van der Waals surface area contributed by atoms with Gasteiger partial charge < -0.3 is 14.8 Å². The van der Waals surface area contributed by atoms with E-state index in [4.69, 9.17) is 9.47 Å². The molecule has 0 fully saturated rings. The zero-order valence-electron chi connectivity index (χ0n) is 11.5. The van der Waals surface area contributed by atoms with Crippen molar-refractivity contribution >= 4 is 5.82 Å². The van der Waals surface area contributed by atoms with Gasteiger partial charge in [-0.2, -0.15) is 5.10 Å². The minimum atomic E-state index is 0.542. The van der Waals surface area contributed by atoms with E-state index in [1.807, 2.05) is 31.4 Å². The highest BCUT2D eigenvalue weighted by atomic mass is 16.5. The molecule has 2 aromatic rings. The van der Waals surface area contributed by atoms with Gasteiger partial charge >= 0.3 is 0 Å². The average molecular weight is 261 g/mol. The van der Waals surface area contributed by atoms with Gasteiger partial charge in [-0.25, -0.2) is 0 Å².